The molecule has 148 valence electrons. The first-order chi connectivity index (χ1) is 12.1. The highest BCUT2D eigenvalue weighted by atomic mass is 127. The molecule has 5 heteroatoms. The molecule has 1 aliphatic rings. The van der Waals surface area contributed by atoms with Crippen LogP contribution in [0.5, 0.6) is 0 Å². The Morgan fingerprint density at radius 1 is 1.15 bits per heavy atom. The van der Waals surface area contributed by atoms with Crippen molar-refractivity contribution >= 4 is 29.9 Å². The van der Waals surface area contributed by atoms with Crippen molar-refractivity contribution in [3.05, 3.63) is 34.9 Å². The van der Waals surface area contributed by atoms with Crippen LogP contribution in [0.15, 0.2) is 23.2 Å². The summed E-state index contributed by atoms with van der Waals surface area (Å²) in [5.41, 5.74) is 4.07. The first-order valence-electron chi connectivity index (χ1n) is 9.87. The molecule has 0 saturated carbocycles. The average molecular weight is 472 g/mol. The van der Waals surface area contributed by atoms with E-state index in [4.69, 9.17) is 0 Å². The zero-order valence-corrected chi connectivity index (χ0v) is 19.3. The predicted octanol–water partition coefficient (Wildman–Crippen LogP) is 3.89. The molecule has 0 radical (unpaired) electrons. The summed E-state index contributed by atoms with van der Waals surface area (Å²) in [5, 5.41) is 7.08. The summed E-state index contributed by atoms with van der Waals surface area (Å²) < 4.78 is 0. The van der Waals surface area contributed by atoms with Gasteiger partial charge in [-0.05, 0) is 51.6 Å². The number of halogens is 1. The third-order valence-electron chi connectivity index (χ3n) is 4.97. The number of hydrogen-bond donors (Lipinski definition) is 2. The summed E-state index contributed by atoms with van der Waals surface area (Å²) in [7, 11) is 1.86. The first kappa shape index (κ1) is 23.2. The Balaban J connectivity index is 0.00000338. The van der Waals surface area contributed by atoms with Crippen molar-refractivity contribution in [2.24, 2.45) is 4.99 Å². The van der Waals surface area contributed by atoms with Crippen LogP contribution in [-0.2, 0) is 6.42 Å². The van der Waals surface area contributed by atoms with E-state index >= 15 is 0 Å². The summed E-state index contributed by atoms with van der Waals surface area (Å²) in [6, 6.07) is 7.32. The average Bonchev–Trinajstić information content (AvgIpc) is 2.59. The van der Waals surface area contributed by atoms with Gasteiger partial charge in [0.25, 0.3) is 0 Å². The van der Waals surface area contributed by atoms with Crippen LogP contribution in [0.2, 0.25) is 0 Å². The van der Waals surface area contributed by atoms with Gasteiger partial charge in [0.2, 0.25) is 0 Å². The molecule has 26 heavy (non-hydrogen) atoms. The molecule has 1 heterocycles. The molecule has 4 nitrogen and oxygen atoms in total. The molecule has 0 bridgehead atoms. The molecule has 0 aliphatic carbocycles. The van der Waals surface area contributed by atoms with Crippen LogP contribution in [0, 0.1) is 13.8 Å². The summed E-state index contributed by atoms with van der Waals surface area (Å²) in [6.45, 7) is 11.2. The Morgan fingerprint density at radius 2 is 1.81 bits per heavy atom. The van der Waals surface area contributed by atoms with Gasteiger partial charge in [-0.3, -0.25) is 4.99 Å². The molecule has 0 atom stereocenters. The largest absolute Gasteiger partial charge is 0.356 e. The Labute approximate surface area is 177 Å². The second-order valence-corrected chi connectivity index (χ2v) is 7.36. The molecule has 1 fully saturated rings. The SMILES string of the molecule is CCCCN1CCC(NC(=NC)NCCc2cc(C)cc(C)c2)CC1.I. The van der Waals surface area contributed by atoms with Crippen molar-refractivity contribution in [1.82, 2.24) is 15.5 Å². The van der Waals surface area contributed by atoms with Crippen molar-refractivity contribution < 1.29 is 0 Å². The number of likely N-dealkylation sites (tertiary alicyclic amines) is 1. The van der Waals surface area contributed by atoms with Gasteiger partial charge in [0.1, 0.15) is 0 Å². The Bertz CT molecular complexity index is 531. The summed E-state index contributed by atoms with van der Waals surface area (Å²) in [4.78, 5) is 6.99. The number of guanidine groups is 1. The van der Waals surface area contributed by atoms with Gasteiger partial charge in [-0.25, -0.2) is 0 Å². The van der Waals surface area contributed by atoms with Gasteiger partial charge in [0, 0.05) is 32.7 Å². The molecule has 0 aromatic heterocycles. The third kappa shape index (κ3) is 8.25. The number of rotatable bonds is 7. The van der Waals surface area contributed by atoms with E-state index in [0.29, 0.717) is 6.04 Å². The summed E-state index contributed by atoms with van der Waals surface area (Å²) in [5.74, 6) is 0.941. The number of hydrogen-bond acceptors (Lipinski definition) is 2. The monoisotopic (exact) mass is 472 g/mol. The van der Waals surface area contributed by atoms with Crippen LogP contribution < -0.4 is 10.6 Å². The van der Waals surface area contributed by atoms with E-state index in [0.717, 1.165) is 18.9 Å². The smallest absolute Gasteiger partial charge is 0.191 e. The minimum atomic E-state index is 0. The molecule has 1 aliphatic heterocycles. The number of aliphatic imine (C=N–C) groups is 1. The fraction of sp³-hybridized carbons (Fsp3) is 0.667. The molecule has 1 aromatic rings. The number of nitrogens with zero attached hydrogens (tertiary/aromatic N) is 2. The lowest BCUT2D eigenvalue weighted by atomic mass is 10.0. The van der Waals surface area contributed by atoms with E-state index in [9.17, 15) is 0 Å². The van der Waals surface area contributed by atoms with Crippen molar-refractivity contribution in [1.29, 1.82) is 0 Å². The van der Waals surface area contributed by atoms with Crippen LogP contribution in [0.25, 0.3) is 0 Å². The predicted molar refractivity (Wildman–Crippen MR) is 124 cm³/mol. The fourth-order valence-electron chi connectivity index (χ4n) is 3.61. The molecule has 0 amide bonds. The van der Waals surface area contributed by atoms with E-state index in [1.54, 1.807) is 0 Å². The molecule has 2 N–H and O–H groups in total. The first-order valence-corrected chi connectivity index (χ1v) is 9.87. The van der Waals surface area contributed by atoms with Crippen LogP contribution in [0.1, 0.15) is 49.3 Å². The van der Waals surface area contributed by atoms with Crippen molar-refractivity contribution in [3.63, 3.8) is 0 Å². The highest BCUT2D eigenvalue weighted by molar-refractivity contribution is 14.0. The van der Waals surface area contributed by atoms with Gasteiger partial charge in [0.15, 0.2) is 5.96 Å². The van der Waals surface area contributed by atoms with Crippen LogP contribution in [0.4, 0.5) is 0 Å². The highest BCUT2D eigenvalue weighted by Crippen LogP contribution is 2.11. The standard InChI is InChI=1S/C21H36N4.HI/c1-5-6-11-25-12-8-20(9-13-25)24-21(22-4)23-10-7-19-15-17(2)14-18(3)16-19;/h14-16,20H,5-13H2,1-4H3,(H2,22,23,24);1H. The maximum Gasteiger partial charge on any atom is 0.191 e. The number of unbranched alkanes of at least 4 members (excludes halogenated alkanes) is 1. The molecule has 0 spiro atoms. The quantitative estimate of drug-likeness (QED) is 0.359. The maximum absolute atomic E-state index is 4.40. The lowest BCUT2D eigenvalue weighted by molar-refractivity contribution is 0.203. The van der Waals surface area contributed by atoms with E-state index in [-0.39, 0.29) is 24.0 Å². The topological polar surface area (TPSA) is 39.7 Å². The summed E-state index contributed by atoms with van der Waals surface area (Å²) in [6.07, 6.45) is 6.05. The molecule has 1 saturated heterocycles. The summed E-state index contributed by atoms with van der Waals surface area (Å²) >= 11 is 0. The van der Waals surface area contributed by atoms with Crippen LogP contribution in [-0.4, -0.2) is 50.1 Å². The molecule has 0 unspecified atom stereocenters. The number of nitrogens with one attached hydrogen (secondary N) is 2. The minimum Gasteiger partial charge on any atom is -0.356 e. The zero-order chi connectivity index (χ0) is 18.1. The van der Waals surface area contributed by atoms with Gasteiger partial charge in [-0.2, -0.15) is 0 Å². The van der Waals surface area contributed by atoms with Gasteiger partial charge >= 0.3 is 0 Å². The normalized spacial score (nSPS) is 16.2. The van der Waals surface area contributed by atoms with Crippen molar-refractivity contribution in [2.45, 2.75) is 58.9 Å². The molecular weight excluding hydrogens is 435 g/mol. The third-order valence-corrected chi connectivity index (χ3v) is 4.97. The van der Waals surface area contributed by atoms with Gasteiger partial charge in [0.05, 0.1) is 0 Å². The van der Waals surface area contributed by atoms with E-state index < -0.39 is 0 Å². The van der Waals surface area contributed by atoms with Crippen molar-refractivity contribution in [2.75, 3.05) is 33.2 Å². The van der Waals surface area contributed by atoms with Gasteiger partial charge < -0.3 is 15.5 Å². The van der Waals surface area contributed by atoms with E-state index in [1.807, 2.05) is 7.05 Å². The lowest BCUT2D eigenvalue weighted by Crippen LogP contribution is -2.49. The molecule has 2 rings (SSSR count). The molecule has 1 aromatic carbocycles. The highest BCUT2D eigenvalue weighted by Gasteiger charge is 2.19. The second-order valence-electron chi connectivity index (χ2n) is 7.36. The van der Waals surface area contributed by atoms with Gasteiger partial charge in [-0.15, -0.1) is 24.0 Å². The van der Waals surface area contributed by atoms with Crippen LogP contribution >= 0.6 is 24.0 Å². The lowest BCUT2D eigenvalue weighted by Gasteiger charge is -2.33. The number of piperidine rings is 1. The van der Waals surface area contributed by atoms with Crippen LogP contribution in [0.3, 0.4) is 0 Å². The van der Waals surface area contributed by atoms with Gasteiger partial charge in [-0.1, -0.05) is 42.7 Å². The number of aryl methyl sites for hydroxylation is 2. The maximum atomic E-state index is 4.40. The van der Waals surface area contributed by atoms with E-state index in [1.165, 1.54) is 62.0 Å². The van der Waals surface area contributed by atoms with Crippen molar-refractivity contribution in [3.8, 4) is 0 Å². The zero-order valence-electron chi connectivity index (χ0n) is 17.0. The molecular formula is C21H37IN4. The number of benzene rings is 1. The Hall–Kier alpha value is -0.820. The second kappa shape index (κ2) is 12.5. The fourth-order valence-corrected chi connectivity index (χ4v) is 3.61. The Kier molecular flexibility index (Phi) is 11.2. The minimum absolute atomic E-state index is 0. The van der Waals surface area contributed by atoms with E-state index in [2.05, 4.69) is 59.5 Å². The Morgan fingerprint density at radius 3 is 2.38 bits per heavy atom.